The fourth-order valence-corrected chi connectivity index (χ4v) is 1.63. The van der Waals surface area contributed by atoms with Gasteiger partial charge in [0.25, 0.3) is 0 Å². The SMILES string of the molecule is CC(C)SCc1ccc(N=O)cc1. The van der Waals surface area contributed by atoms with E-state index in [0.29, 0.717) is 10.9 Å². The Balaban J connectivity index is 2.54. The molecule has 0 heterocycles. The molecule has 0 aromatic heterocycles. The van der Waals surface area contributed by atoms with Gasteiger partial charge in [-0.2, -0.15) is 11.8 Å². The maximum atomic E-state index is 10.1. The summed E-state index contributed by atoms with van der Waals surface area (Å²) in [6.07, 6.45) is 0. The lowest BCUT2D eigenvalue weighted by atomic mass is 10.2. The molecule has 0 radical (unpaired) electrons. The first kappa shape index (κ1) is 10.3. The van der Waals surface area contributed by atoms with Crippen molar-refractivity contribution >= 4 is 17.4 Å². The maximum Gasteiger partial charge on any atom is 0.108 e. The Hall–Kier alpha value is -0.830. The van der Waals surface area contributed by atoms with Gasteiger partial charge in [0.1, 0.15) is 5.69 Å². The van der Waals surface area contributed by atoms with Crippen molar-refractivity contribution in [1.29, 1.82) is 0 Å². The minimum Gasteiger partial charge on any atom is -0.154 e. The summed E-state index contributed by atoms with van der Waals surface area (Å²) < 4.78 is 0. The summed E-state index contributed by atoms with van der Waals surface area (Å²) in [7, 11) is 0. The highest BCUT2D eigenvalue weighted by Gasteiger charge is 1.97. The fourth-order valence-electron chi connectivity index (χ4n) is 0.916. The van der Waals surface area contributed by atoms with Gasteiger partial charge in [-0.1, -0.05) is 26.0 Å². The molecule has 0 atom stereocenters. The van der Waals surface area contributed by atoms with Crippen LogP contribution in [0.2, 0.25) is 0 Å². The van der Waals surface area contributed by atoms with E-state index in [9.17, 15) is 4.91 Å². The molecular weight excluding hydrogens is 182 g/mol. The van der Waals surface area contributed by atoms with Gasteiger partial charge in [-0.15, -0.1) is 4.91 Å². The molecule has 0 amide bonds. The quantitative estimate of drug-likeness (QED) is 0.685. The Bertz CT molecular complexity index is 269. The van der Waals surface area contributed by atoms with E-state index in [4.69, 9.17) is 0 Å². The zero-order valence-electron chi connectivity index (χ0n) is 7.86. The predicted octanol–water partition coefficient (Wildman–Crippen LogP) is 3.73. The third-order valence-corrected chi connectivity index (χ3v) is 2.79. The van der Waals surface area contributed by atoms with E-state index < -0.39 is 0 Å². The second-order valence-corrected chi connectivity index (χ2v) is 4.68. The zero-order chi connectivity index (χ0) is 9.68. The Morgan fingerprint density at radius 2 is 1.92 bits per heavy atom. The lowest BCUT2D eigenvalue weighted by molar-refractivity contribution is 1.11. The average molecular weight is 195 g/mol. The number of nitroso groups, excluding NO2 is 1. The third-order valence-electron chi connectivity index (χ3n) is 1.63. The van der Waals surface area contributed by atoms with Crippen LogP contribution in [0, 0.1) is 4.91 Å². The van der Waals surface area contributed by atoms with Crippen molar-refractivity contribution in [3.63, 3.8) is 0 Å². The maximum absolute atomic E-state index is 10.1. The lowest BCUT2D eigenvalue weighted by Gasteiger charge is -2.04. The molecule has 1 rings (SSSR count). The van der Waals surface area contributed by atoms with Crippen LogP contribution in [0.25, 0.3) is 0 Å². The topological polar surface area (TPSA) is 29.4 Å². The molecule has 0 aliphatic carbocycles. The van der Waals surface area contributed by atoms with E-state index in [1.165, 1.54) is 5.56 Å². The summed E-state index contributed by atoms with van der Waals surface area (Å²) in [6, 6.07) is 7.41. The molecule has 0 N–H and O–H groups in total. The molecule has 0 aliphatic heterocycles. The summed E-state index contributed by atoms with van der Waals surface area (Å²) >= 11 is 1.89. The lowest BCUT2D eigenvalue weighted by Crippen LogP contribution is -1.88. The van der Waals surface area contributed by atoms with Crippen molar-refractivity contribution in [1.82, 2.24) is 0 Å². The third kappa shape index (κ3) is 3.59. The number of thioether (sulfide) groups is 1. The number of hydrogen-bond acceptors (Lipinski definition) is 3. The van der Waals surface area contributed by atoms with E-state index in [1.54, 1.807) is 12.1 Å². The summed E-state index contributed by atoms with van der Waals surface area (Å²) in [5.41, 5.74) is 1.74. The van der Waals surface area contributed by atoms with Crippen molar-refractivity contribution in [3.8, 4) is 0 Å². The molecule has 0 aliphatic rings. The van der Waals surface area contributed by atoms with Crippen LogP contribution in [0.1, 0.15) is 19.4 Å². The number of rotatable bonds is 4. The van der Waals surface area contributed by atoms with Crippen molar-refractivity contribution in [2.75, 3.05) is 0 Å². The molecule has 0 saturated carbocycles. The van der Waals surface area contributed by atoms with Crippen LogP contribution in [0.5, 0.6) is 0 Å². The normalized spacial score (nSPS) is 10.4. The molecule has 1 aromatic carbocycles. The monoisotopic (exact) mass is 195 g/mol. The largest absolute Gasteiger partial charge is 0.154 e. The van der Waals surface area contributed by atoms with Crippen molar-refractivity contribution in [2.24, 2.45) is 5.18 Å². The first-order valence-electron chi connectivity index (χ1n) is 4.26. The van der Waals surface area contributed by atoms with Crippen molar-refractivity contribution in [3.05, 3.63) is 34.7 Å². The van der Waals surface area contributed by atoms with Crippen LogP contribution in [0.4, 0.5) is 5.69 Å². The Kier molecular flexibility index (Phi) is 3.96. The van der Waals surface area contributed by atoms with Gasteiger partial charge in [0.2, 0.25) is 0 Å². The standard InChI is InChI=1S/C10H13NOS/c1-8(2)13-7-9-3-5-10(11-12)6-4-9/h3-6,8H,7H2,1-2H3. The first-order valence-corrected chi connectivity index (χ1v) is 5.31. The van der Waals surface area contributed by atoms with Crippen LogP contribution < -0.4 is 0 Å². The van der Waals surface area contributed by atoms with Crippen LogP contribution >= 0.6 is 11.8 Å². The highest BCUT2D eigenvalue weighted by Crippen LogP contribution is 2.19. The molecule has 1 aromatic rings. The Labute approximate surface area is 82.7 Å². The van der Waals surface area contributed by atoms with Gasteiger partial charge in [-0.25, -0.2) is 0 Å². The summed E-state index contributed by atoms with van der Waals surface area (Å²) in [5, 5.41) is 3.49. The molecular formula is C10H13NOS. The predicted molar refractivity (Wildman–Crippen MR) is 58.3 cm³/mol. The van der Waals surface area contributed by atoms with Gasteiger partial charge in [0.15, 0.2) is 0 Å². The van der Waals surface area contributed by atoms with E-state index in [2.05, 4.69) is 19.0 Å². The van der Waals surface area contributed by atoms with Crippen LogP contribution in [0.3, 0.4) is 0 Å². The van der Waals surface area contributed by atoms with Gasteiger partial charge in [-0.05, 0) is 28.1 Å². The minimum absolute atomic E-state index is 0.498. The summed E-state index contributed by atoms with van der Waals surface area (Å²) in [5.74, 6) is 0.997. The van der Waals surface area contributed by atoms with Gasteiger partial charge in [-0.3, -0.25) is 0 Å². The molecule has 0 spiro atoms. The van der Waals surface area contributed by atoms with E-state index in [0.717, 1.165) is 5.75 Å². The number of benzene rings is 1. The van der Waals surface area contributed by atoms with Crippen molar-refractivity contribution in [2.45, 2.75) is 24.9 Å². The highest BCUT2D eigenvalue weighted by molar-refractivity contribution is 7.99. The Morgan fingerprint density at radius 3 is 2.38 bits per heavy atom. The number of hydrogen-bond donors (Lipinski definition) is 0. The summed E-state index contributed by atoms with van der Waals surface area (Å²) in [6.45, 7) is 4.35. The minimum atomic E-state index is 0.498. The van der Waals surface area contributed by atoms with Crippen LogP contribution in [-0.2, 0) is 5.75 Å². The molecule has 70 valence electrons. The number of nitrogens with zero attached hydrogens (tertiary/aromatic N) is 1. The highest BCUT2D eigenvalue weighted by atomic mass is 32.2. The van der Waals surface area contributed by atoms with E-state index >= 15 is 0 Å². The van der Waals surface area contributed by atoms with E-state index in [1.807, 2.05) is 23.9 Å². The molecule has 0 saturated heterocycles. The van der Waals surface area contributed by atoms with Crippen LogP contribution in [0.15, 0.2) is 29.4 Å². The zero-order valence-corrected chi connectivity index (χ0v) is 8.67. The van der Waals surface area contributed by atoms with Gasteiger partial charge < -0.3 is 0 Å². The molecule has 0 bridgehead atoms. The van der Waals surface area contributed by atoms with Gasteiger partial charge >= 0.3 is 0 Å². The fraction of sp³-hybridized carbons (Fsp3) is 0.400. The molecule has 13 heavy (non-hydrogen) atoms. The average Bonchev–Trinajstić information content (AvgIpc) is 2.15. The smallest absolute Gasteiger partial charge is 0.108 e. The summed E-state index contributed by atoms with van der Waals surface area (Å²) in [4.78, 5) is 10.1. The van der Waals surface area contributed by atoms with E-state index in [-0.39, 0.29) is 0 Å². The van der Waals surface area contributed by atoms with Gasteiger partial charge in [0.05, 0.1) is 0 Å². The second kappa shape index (κ2) is 5.02. The first-order chi connectivity index (χ1) is 6.22. The molecule has 2 nitrogen and oxygen atoms in total. The molecule has 3 heteroatoms. The van der Waals surface area contributed by atoms with Gasteiger partial charge in [0, 0.05) is 5.75 Å². The Morgan fingerprint density at radius 1 is 1.31 bits per heavy atom. The second-order valence-electron chi connectivity index (χ2n) is 3.12. The van der Waals surface area contributed by atoms with Crippen molar-refractivity contribution < 1.29 is 0 Å². The van der Waals surface area contributed by atoms with Crippen LogP contribution in [-0.4, -0.2) is 5.25 Å². The molecule has 0 unspecified atom stereocenters. The molecule has 0 fully saturated rings.